The monoisotopic (exact) mass is 316 g/mol. The molecule has 7 nitrogen and oxygen atoms in total. The molecule has 22 heavy (non-hydrogen) atoms. The summed E-state index contributed by atoms with van der Waals surface area (Å²) in [5.41, 5.74) is 5.05. The van der Waals surface area contributed by atoms with Crippen LogP contribution in [-0.2, 0) is 23.9 Å². The molecule has 0 saturated carbocycles. The highest BCUT2D eigenvalue weighted by Crippen LogP contribution is 2.09. The number of unbranched alkanes of at least 4 members (excludes halogenated alkanes) is 1. The predicted octanol–water partition coefficient (Wildman–Crippen LogP) is 0.895. The first-order valence-electron chi connectivity index (χ1n) is 7.56. The molecule has 7 heteroatoms. The second kappa shape index (κ2) is 10.2. The van der Waals surface area contributed by atoms with Gasteiger partial charge in [0.2, 0.25) is 5.91 Å². The Morgan fingerprint density at radius 2 is 1.86 bits per heavy atom. The van der Waals surface area contributed by atoms with Gasteiger partial charge in [-0.2, -0.15) is 0 Å². The van der Waals surface area contributed by atoms with Gasteiger partial charge in [-0.3, -0.25) is 14.4 Å². The zero-order valence-electron chi connectivity index (χ0n) is 13.9. The predicted molar refractivity (Wildman–Crippen MR) is 81.9 cm³/mol. The Balaban J connectivity index is 3.89. The lowest BCUT2D eigenvalue weighted by atomic mass is 10.1. The summed E-state index contributed by atoms with van der Waals surface area (Å²) in [6, 6.07) is -0.860. The molecule has 3 N–H and O–H groups in total. The molecular weight excluding hydrogens is 288 g/mol. The van der Waals surface area contributed by atoms with Crippen molar-refractivity contribution in [3.05, 3.63) is 0 Å². The lowest BCUT2D eigenvalue weighted by molar-refractivity contribution is -0.156. The van der Waals surface area contributed by atoms with E-state index in [1.807, 2.05) is 6.92 Å². The van der Waals surface area contributed by atoms with E-state index in [0.717, 1.165) is 12.8 Å². The lowest BCUT2D eigenvalue weighted by Gasteiger charge is -2.22. The fraction of sp³-hybridized carbons (Fsp3) is 0.800. The van der Waals surface area contributed by atoms with Crippen molar-refractivity contribution in [2.24, 2.45) is 5.73 Å². The third-order valence-corrected chi connectivity index (χ3v) is 2.58. The first-order valence-corrected chi connectivity index (χ1v) is 7.56. The van der Waals surface area contributed by atoms with Crippen LogP contribution < -0.4 is 11.1 Å². The van der Waals surface area contributed by atoms with Gasteiger partial charge in [0.05, 0.1) is 6.61 Å². The fourth-order valence-electron chi connectivity index (χ4n) is 1.42. The largest absolute Gasteiger partial charge is 0.464 e. The van der Waals surface area contributed by atoms with Crippen molar-refractivity contribution in [2.75, 3.05) is 13.2 Å². The molecule has 128 valence electrons. The van der Waals surface area contributed by atoms with Gasteiger partial charge in [0, 0.05) is 6.42 Å². The molecule has 0 saturated heterocycles. The van der Waals surface area contributed by atoms with Crippen LogP contribution >= 0.6 is 0 Å². The van der Waals surface area contributed by atoms with Gasteiger partial charge in [-0.1, -0.05) is 13.3 Å². The Kier molecular flexibility index (Phi) is 9.40. The molecule has 1 atom stereocenters. The molecule has 1 unspecified atom stereocenters. The lowest BCUT2D eigenvalue weighted by Crippen LogP contribution is -2.38. The molecule has 0 bridgehead atoms. The topological polar surface area (TPSA) is 108 Å². The summed E-state index contributed by atoms with van der Waals surface area (Å²) in [7, 11) is 0. The third-order valence-electron chi connectivity index (χ3n) is 2.58. The van der Waals surface area contributed by atoms with E-state index in [1.165, 1.54) is 0 Å². The van der Waals surface area contributed by atoms with Crippen LogP contribution in [0, 0.1) is 0 Å². The van der Waals surface area contributed by atoms with E-state index in [1.54, 1.807) is 20.8 Å². The average molecular weight is 316 g/mol. The molecule has 0 aromatic carbocycles. The van der Waals surface area contributed by atoms with Crippen LogP contribution in [0.15, 0.2) is 0 Å². The van der Waals surface area contributed by atoms with Crippen molar-refractivity contribution in [1.82, 2.24) is 5.32 Å². The SMILES string of the molecule is CCCCOC(=O)CNC(=O)CCC(N)C(=O)OC(C)(C)C. The molecule has 0 spiro atoms. The van der Waals surface area contributed by atoms with Crippen LogP contribution in [0.25, 0.3) is 0 Å². The second-order valence-corrected chi connectivity index (χ2v) is 6.03. The number of esters is 2. The standard InChI is InChI=1S/C15H28N2O5/c1-5-6-9-21-13(19)10-17-12(18)8-7-11(16)14(20)22-15(2,3)4/h11H,5-10,16H2,1-4H3,(H,17,18). The Labute approximate surface area is 131 Å². The minimum atomic E-state index is -0.860. The zero-order chi connectivity index (χ0) is 17.2. The summed E-state index contributed by atoms with van der Waals surface area (Å²) >= 11 is 0. The molecule has 0 aromatic heterocycles. The van der Waals surface area contributed by atoms with Crippen LogP contribution in [0.5, 0.6) is 0 Å². The van der Waals surface area contributed by atoms with E-state index >= 15 is 0 Å². The number of carbonyl (C=O) groups excluding carboxylic acids is 3. The van der Waals surface area contributed by atoms with Crippen molar-refractivity contribution >= 4 is 17.8 Å². The van der Waals surface area contributed by atoms with Gasteiger partial charge in [0.15, 0.2) is 0 Å². The maximum atomic E-state index is 11.6. The molecule has 0 radical (unpaired) electrons. The van der Waals surface area contributed by atoms with E-state index in [-0.39, 0.29) is 25.3 Å². The van der Waals surface area contributed by atoms with Gasteiger partial charge in [0.1, 0.15) is 18.2 Å². The highest BCUT2D eigenvalue weighted by Gasteiger charge is 2.22. The number of carbonyl (C=O) groups is 3. The maximum Gasteiger partial charge on any atom is 0.325 e. The van der Waals surface area contributed by atoms with E-state index in [0.29, 0.717) is 6.61 Å². The van der Waals surface area contributed by atoms with Crippen LogP contribution in [0.3, 0.4) is 0 Å². The second-order valence-electron chi connectivity index (χ2n) is 6.03. The zero-order valence-corrected chi connectivity index (χ0v) is 13.9. The third kappa shape index (κ3) is 11.1. The normalized spacial score (nSPS) is 12.4. The highest BCUT2D eigenvalue weighted by molar-refractivity contribution is 5.82. The summed E-state index contributed by atoms with van der Waals surface area (Å²) in [6.07, 6.45) is 1.93. The molecule has 0 aliphatic rings. The molecule has 0 aliphatic carbocycles. The minimum absolute atomic E-state index is 0.0443. The number of hydrogen-bond donors (Lipinski definition) is 2. The fourth-order valence-corrected chi connectivity index (χ4v) is 1.42. The Morgan fingerprint density at radius 3 is 2.41 bits per heavy atom. The smallest absolute Gasteiger partial charge is 0.325 e. The van der Waals surface area contributed by atoms with E-state index in [2.05, 4.69) is 5.32 Å². The quantitative estimate of drug-likeness (QED) is 0.483. The number of amides is 1. The first-order chi connectivity index (χ1) is 10.2. The van der Waals surface area contributed by atoms with E-state index < -0.39 is 23.6 Å². The molecule has 0 rings (SSSR count). The highest BCUT2D eigenvalue weighted by atomic mass is 16.6. The Hall–Kier alpha value is -1.63. The first kappa shape index (κ1) is 20.4. The summed E-state index contributed by atoms with van der Waals surface area (Å²) in [5, 5.41) is 2.43. The van der Waals surface area contributed by atoms with Crippen molar-refractivity contribution in [1.29, 1.82) is 0 Å². The molecule has 1 amide bonds. The van der Waals surface area contributed by atoms with Gasteiger partial charge in [0.25, 0.3) is 0 Å². The molecule has 0 heterocycles. The maximum absolute atomic E-state index is 11.6. The molecular formula is C15H28N2O5. The van der Waals surface area contributed by atoms with Gasteiger partial charge < -0.3 is 20.5 Å². The van der Waals surface area contributed by atoms with Gasteiger partial charge in [-0.15, -0.1) is 0 Å². The van der Waals surface area contributed by atoms with Crippen molar-refractivity contribution in [3.63, 3.8) is 0 Å². The van der Waals surface area contributed by atoms with Crippen molar-refractivity contribution in [3.8, 4) is 0 Å². The van der Waals surface area contributed by atoms with E-state index in [9.17, 15) is 14.4 Å². The minimum Gasteiger partial charge on any atom is -0.464 e. The van der Waals surface area contributed by atoms with Crippen LogP contribution in [-0.4, -0.2) is 42.6 Å². The van der Waals surface area contributed by atoms with Gasteiger partial charge >= 0.3 is 11.9 Å². The summed E-state index contributed by atoms with van der Waals surface area (Å²) < 4.78 is 10.0. The number of hydrogen-bond acceptors (Lipinski definition) is 6. The number of rotatable bonds is 9. The van der Waals surface area contributed by atoms with Gasteiger partial charge in [-0.05, 0) is 33.6 Å². The molecule has 0 aliphatic heterocycles. The number of nitrogens with two attached hydrogens (primary N) is 1. The number of ether oxygens (including phenoxy) is 2. The molecule has 0 aromatic rings. The van der Waals surface area contributed by atoms with Crippen LogP contribution in [0.1, 0.15) is 53.4 Å². The summed E-state index contributed by atoms with van der Waals surface area (Å²) in [5.74, 6) is -1.37. The van der Waals surface area contributed by atoms with Crippen molar-refractivity contribution in [2.45, 2.75) is 65.0 Å². The van der Waals surface area contributed by atoms with Gasteiger partial charge in [-0.25, -0.2) is 0 Å². The Bertz CT molecular complexity index is 377. The summed E-state index contributed by atoms with van der Waals surface area (Å²) in [4.78, 5) is 34.5. The van der Waals surface area contributed by atoms with E-state index in [4.69, 9.17) is 15.2 Å². The van der Waals surface area contributed by atoms with Crippen LogP contribution in [0.4, 0.5) is 0 Å². The molecule has 0 fully saturated rings. The number of nitrogens with one attached hydrogen (secondary N) is 1. The summed E-state index contributed by atoms with van der Waals surface area (Å²) in [6.45, 7) is 7.40. The van der Waals surface area contributed by atoms with Crippen molar-refractivity contribution < 1.29 is 23.9 Å². The average Bonchev–Trinajstić information content (AvgIpc) is 2.40. The van der Waals surface area contributed by atoms with Crippen LogP contribution in [0.2, 0.25) is 0 Å². The Morgan fingerprint density at radius 1 is 1.23 bits per heavy atom.